The van der Waals surface area contributed by atoms with Crippen molar-refractivity contribution in [1.29, 1.82) is 0 Å². The first-order valence-electron chi connectivity index (χ1n) is 6.82. The zero-order valence-corrected chi connectivity index (χ0v) is 12.8. The van der Waals surface area contributed by atoms with Crippen LogP contribution >= 0.6 is 11.6 Å². The largest absolute Gasteiger partial charge is 0.483 e. The summed E-state index contributed by atoms with van der Waals surface area (Å²) >= 11 is 5.83. The number of benzene rings is 2. The first kappa shape index (κ1) is 16.0. The molecule has 5 heteroatoms. The van der Waals surface area contributed by atoms with E-state index in [0.717, 1.165) is 5.56 Å². The van der Waals surface area contributed by atoms with Gasteiger partial charge in [-0.1, -0.05) is 35.9 Å². The van der Waals surface area contributed by atoms with Crippen LogP contribution in [0.2, 0.25) is 5.02 Å². The first-order chi connectivity index (χ1) is 10.6. The minimum atomic E-state index is -0.261. The van der Waals surface area contributed by atoms with Gasteiger partial charge in [0.15, 0.2) is 12.9 Å². The molecule has 0 heterocycles. The van der Waals surface area contributed by atoms with Gasteiger partial charge in [-0.15, -0.1) is 0 Å². The van der Waals surface area contributed by atoms with Crippen LogP contribution in [0.1, 0.15) is 28.9 Å². The summed E-state index contributed by atoms with van der Waals surface area (Å²) in [6.45, 7) is 1.73. The van der Waals surface area contributed by atoms with Crippen molar-refractivity contribution in [3.8, 4) is 5.75 Å². The number of para-hydroxylation sites is 1. The molecule has 22 heavy (non-hydrogen) atoms. The maximum absolute atomic E-state index is 11.9. The Bertz CT molecular complexity index is 655. The second kappa shape index (κ2) is 7.61. The molecule has 0 fully saturated rings. The van der Waals surface area contributed by atoms with Crippen molar-refractivity contribution in [3.05, 3.63) is 64.7 Å². The van der Waals surface area contributed by atoms with Crippen LogP contribution in [0.25, 0.3) is 0 Å². The van der Waals surface area contributed by atoms with Crippen LogP contribution in [0.15, 0.2) is 48.5 Å². The number of amides is 1. The van der Waals surface area contributed by atoms with E-state index in [4.69, 9.17) is 16.3 Å². The highest BCUT2D eigenvalue weighted by atomic mass is 35.5. The third-order valence-electron chi connectivity index (χ3n) is 3.15. The summed E-state index contributed by atoms with van der Waals surface area (Å²) in [5.41, 5.74) is 1.37. The minimum absolute atomic E-state index is 0.150. The van der Waals surface area contributed by atoms with Crippen LogP contribution in [0.4, 0.5) is 0 Å². The van der Waals surface area contributed by atoms with Gasteiger partial charge in [0.2, 0.25) is 0 Å². The van der Waals surface area contributed by atoms with Gasteiger partial charge >= 0.3 is 0 Å². The van der Waals surface area contributed by atoms with Gasteiger partial charge in [0.05, 0.1) is 11.6 Å². The molecule has 2 aromatic carbocycles. The summed E-state index contributed by atoms with van der Waals surface area (Å²) in [6, 6.07) is 13.9. The smallest absolute Gasteiger partial charge is 0.258 e. The Morgan fingerprint density at radius 1 is 1.23 bits per heavy atom. The Morgan fingerprint density at radius 3 is 2.59 bits per heavy atom. The Hall–Kier alpha value is -2.33. The van der Waals surface area contributed by atoms with E-state index in [9.17, 15) is 9.59 Å². The quantitative estimate of drug-likeness (QED) is 0.831. The monoisotopic (exact) mass is 317 g/mol. The molecule has 0 saturated heterocycles. The molecule has 1 atom stereocenters. The van der Waals surface area contributed by atoms with Gasteiger partial charge in [0.25, 0.3) is 5.91 Å². The Labute approximate surface area is 134 Å². The minimum Gasteiger partial charge on any atom is -0.483 e. The first-order valence-corrected chi connectivity index (χ1v) is 7.20. The van der Waals surface area contributed by atoms with Crippen molar-refractivity contribution in [2.75, 3.05) is 6.61 Å². The molecule has 114 valence electrons. The summed E-state index contributed by atoms with van der Waals surface area (Å²) in [4.78, 5) is 22.8. The normalized spacial score (nSPS) is 11.5. The van der Waals surface area contributed by atoms with E-state index in [1.807, 2.05) is 19.1 Å². The average Bonchev–Trinajstić information content (AvgIpc) is 2.53. The molecule has 1 amide bonds. The van der Waals surface area contributed by atoms with E-state index >= 15 is 0 Å². The van der Waals surface area contributed by atoms with Crippen LogP contribution < -0.4 is 10.1 Å². The second-order valence-electron chi connectivity index (χ2n) is 4.79. The lowest BCUT2D eigenvalue weighted by Gasteiger charge is -2.15. The molecule has 0 aliphatic heterocycles. The fourth-order valence-corrected chi connectivity index (χ4v) is 2.10. The highest BCUT2D eigenvalue weighted by Crippen LogP contribution is 2.17. The maximum atomic E-state index is 11.9. The van der Waals surface area contributed by atoms with E-state index < -0.39 is 0 Å². The van der Waals surface area contributed by atoms with E-state index in [0.29, 0.717) is 22.6 Å². The summed E-state index contributed by atoms with van der Waals surface area (Å²) in [6.07, 6.45) is 0.698. The second-order valence-corrected chi connectivity index (χ2v) is 5.22. The lowest BCUT2D eigenvalue weighted by molar-refractivity contribution is -0.123. The molecular formula is C17H16ClNO3. The van der Waals surface area contributed by atoms with Crippen LogP contribution in [0, 0.1) is 0 Å². The van der Waals surface area contributed by atoms with Gasteiger partial charge in [-0.2, -0.15) is 0 Å². The summed E-state index contributed by atoms with van der Waals surface area (Å²) in [5, 5.41) is 3.48. The molecule has 0 spiro atoms. The van der Waals surface area contributed by atoms with Crippen molar-refractivity contribution in [2.45, 2.75) is 13.0 Å². The Morgan fingerprint density at radius 2 is 1.91 bits per heavy atom. The number of carbonyl (C=O) groups excluding carboxylic acids is 2. The van der Waals surface area contributed by atoms with E-state index in [-0.39, 0.29) is 18.6 Å². The Kier molecular flexibility index (Phi) is 5.55. The molecule has 0 radical (unpaired) electrons. The lowest BCUT2D eigenvalue weighted by atomic mass is 10.1. The van der Waals surface area contributed by atoms with Crippen LogP contribution in [0.5, 0.6) is 5.75 Å². The Balaban J connectivity index is 1.90. The molecule has 0 aliphatic rings. The summed E-state index contributed by atoms with van der Waals surface area (Å²) < 4.78 is 5.38. The molecule has 4 nitrogen and oxygen atoms in total. The van der Waals surface area contributed by atoms with Gasteiger partial charge in [-0.05, 0) is 36.8 Å². The molecule has 0 aliphatic carbocycles. The van der Waals surface area contributed by atoms with E-state index in [2.05, 4.69) is 5.32 Å². The number of carbonyl (C=O) groups is 2. The van der Waals surface area contributed by atoms with Crippen LogP contribution in [-0.4, -0.2) is 18.8 Å². The topological polar surface area (TPSA) is 55.4 Å². The third kappa shape index (κ3) is 4.33. The van der Waals surface area contributed by atoms with Crippen molar-refractivity contribution < 1.29 is 14.3 Å². The molecule has 2 aromatic rings. The molecule has 0 saturated carbocycles. The number of ether oxygens (including phenoxy) is 1. The molecular weight excluding hydrogens is 302 g/mol. The SMILES string of the molecule is CC(NC(=O)COc1ccccc1C=O)c1ccc(Cl)cc1. The van der Waals surface area contributed by atoms with Crippen molar-refractivity contribution in [1.82, 2.24) is 5.32 Å². The molecule has 1 unspecified atom stereocenters. The maximum Gasteiger partial charge on any atom is 0.258 e. The van der Waals surface area contributed by atoms with Crippen molar-refractivity contribution >= 4 is 23.8 Å². The van der Waals surface area contributed by atoms with Gasteiger partial charge in [0, 0.05) is 5.02 Å². The van der Waals surface area contributed by atoms with Gasteiger partial charge < -0.3 is 10.1 Å². The van der Waals surface area contributed by atoms with Crippen molar-refractivity contribution in [3.63, 3.8) is 0 Å². The molecule has 0 aromatic heterocycles. The van der Waals surface area contributed by atoms with E-state index in [1.54, 1.807) is 36.4 Å². The number of hydrogen-bond acceptors (Lipinski definition) is 3. The number of halogens is 1. The van der Waals surface area contributed by atoms with Gasteiger partial charge in [-0.3, -0.25) is 9.59 Å². The fourth-order valence-electron chi connectivity index (χ4n) is 1.97. The summed E-state index contributed by atoms with van der Waals surface area (Å²) in [7, 11) is 0. The van der Waals surface area contributed by atoms with Gasteiger partial charge in [-0.25, -0.2) is 0 Å². The molecule has 1 N–H and O–H groups in total. The average molecular weight is 318 g/mol. The highest BCUT2D eigenvalue weighted by molar-refractivity contribution is 6.30. The zero-order valence-electron chi connectivity index (χ0n) is 12.1. The predicted molar refractivity (Wildman–Crippen MR) is 85.3 cm³/mol. The van der Waals surface area contributed by atoms with Crippen LogP contribution in [0.3, 0.4) is 0 Å². The van der Waals surface area contributed by atoms with Crippen molar-refractivity contribution in [2.24, 2.45) is 0 Å². The predicted octanol–water partition coefficient (Wildman–Crippen LogP) is 3.41. The number of rotatable bonds is 6. The number of nitrogens with one attached hydrogen (secondary N) is 1. The fraction of sp³-hybridized carbons (Fsp3) is 0.176. The van der Waals surface area contributed by atoms with E-state index in [1.165, 1.54) is 0 Å². The standard InChI is InChI=1S/C17H16ClNO3/c1-12(13-6-8-15(18)9-7-13)19-17(21)11-22-16-5-3-2-4-14(16)10-20/h2-10,12H,11H2,1H3,(H,19,21). The number of hydrogen-bond donors (Lipinski definition) is 1. The number of aldehydes is 1. The van der Waals surface area contributed by atoms with Crippen LogP contribution in [-0.2, 0) is 4.79 Å². The highest BCUT2D eigenvalue weighted by Gasteiger charge is 2.11. The zero-order chi connectivity index (χ0) is 15.9. The summed E-state index contributed by atoms with van der Waals surface area (Å²) in [5.74, 6) is 0.134. The lowest BCUT2D eigenvalue weighted by Crippen LogP contribution is -2.31. The third-order valence-corrected chi connectivity index (χ3v) is 3.40. The van der Waals surface area contributed by atoms with Gasteiger partial charge in [0.1, 0.15) is 5.75 Å². The molecule has 2 rings (SSSR count). The molecule has 0 bridgehead atoms.